The van der Waals surface area contributed by atoms with Crippen molar-refractivity contribution >= 4 is 45.7 Å². The molecule has 0 aliphatic rings. The SMILES string of the molecule is Cc1cccc(N=C(SCC(=O)Nc2ccccc2Cl)c2c(O)n(C)c(=O)n(C)c2=O)c1. The van der Waals surface area contributed by atoms with Gasteiger partial charge in [0.1, 0.15) is 10.6 Å². The highest BCUT2D eigenvalue weighted by Crippen LogP contribution is 2.25. The lowest BCUT2D eigenvalue weighted by molar-refractivity contribution is -0.113. The van der Waals surface area contributed by atoms with Gasteiger partial charge < -0.3 is 10.4 Å². The van der Waals surface area contributed by atoms with Crippen molar-refractivity contribution in [2.24, 2.45) is 19.1 Å². The van der Waals surface area contributed by atoms with Crippen LogP contribution in [0.4, 0.5) is 11.4 Å². The largest absolute Gasteiger partial charge is 0.494 e. The molecule has 0 saturated carbocycles. The molecular weight excluding hydrogens is 452 g/mol. The molecule has 166 valence electrons. The van der Waals surface area contributed by atoms with Crippen molar-refractivity contribution in [3.63, 3.8) is 0 Å². The first-order chi connectivity index (χ1) is 15.2. The van der Waals surface area contributed by atoms with Gasteiger partial charge in [-0.05, 0) is 36.8 Å². The summed E-state index contributed by atoms with van der Waals surface area (Å²) in [5.41, 5.74) is 0.395. The van der Waals surface area contributed by atoms with E-state index in [9.17, 15) is 19.5 Å². The standard InChI is InChI=1S/C22H21ClN4O4S/c1-13-7-6-8-14(11-13)24-19(18-20(29)26(2)22(31)27(3)21(18)30)32-12-17(28)25-16-10-5-4-9-15(16)23/h4-11,29H,12H2,1-3H3,(H,25,28). The van der Waals surface area contributed by atoms with Crippen LogP contribution in [0.1, 0.15) is 11.1 Å². The molecule has 32 heavy (non-hydrogen) atoms. The van der Waals surface area contributed by atoms with Crippen molar-refractivity contribution < 1.29 is 9.90 Å². The van der Waals surface area contributed by atoms with Gasteiger partial charge in [-0.1, -0.05) is 47.6 Å². The zero-order chi connectivity index (χ0) is 23.4. The summed E-state index contributed by atoms with van der Waals surface area (Å²) in [5, 5.41) is 13.8. The Labute approximate surface area is 193 Å². The van der Waals surface area contributed by atoms with Crippen LogP contribution in [-0.4, -0.2) is 30.9 Å². The fraction of sp³-hybridized carbons (Fsp3) is 0.182. The first-order valence-electron chi connectivity index (χ1n) is 9.51. The summed E-state index contributed by atoms with van der Waals surface area (Å²) in [6.45, 7) is 1.89. The van der Waals surface area contributed by atoms with E-state index < -0.39 is 17.1 Å². The summed E-state index contributed by atoms with van der Waals surface area (Å²) in [4.78, 5) is 42.0. The van der Waals surface area contributed by atoms with E-state index in [0.717, 1.165) is 26.5 Å². The molecule has 3 rings (SSSR count). The molecule has 3 aromatic rings. The van der Waals surface area contributed by atoms with Crippen molar-refractivity contribution in [3.8, 4) is 5.88 Å². The van der Waals surface area contributed by atoms with Crippen LogP contribution in [-0.2, 0) is 18.9 Å². The van der Waals surface area contributed by atoms with Gasteiger partial charge in [0.2, 0.25) is 11.8 Å². The number of benzene rings is 2. The van der Waals surface area contributed by atoms with Gasteiger partial charge in [-0.25, -0.2) is 9.79 Å². The maximum atomic E-state index is 12.8. The van der Waals surface area contributed by atoms with Crippen LogP contribution in [0.3, 0.4) is 0 Å². The molecule has 2 aromatic carbocycles. The van der Waals surface area contributed by atoms with Gasteiger partial charge in [0.15, 0.2) is 0 Å². The second kappa shape index (κ2) is 9.88. The molecule has 0 atom stereocenters. The lowest BCUT2D eigenvalue weighted by Crippen LogP contribution is -2.39. The smallest absolute Gasteiger partial charge is 0.333 e. The maximum Gasteiger partial charge on any atom is 0.333 e. The van der Waals surface area contributed by atoms with E-state index in [4.69, 9.17) is 11.6 Å². The molecule has 0 spiro atoms. The molecule has 1 amide bonds. The van der Waals surface area contributed by atoms with E-state index in [0.29, 0.717) is 16.4 Å². The molecule has 0 unspecified atom stereocenters. The van der Waals surface area contributed by atoms with Crippen molar-refractivity contribution in [2.45, 2.75) is 6.92 Å². The van der Waals surface area contributed by atoms with E-state index in [-0.39, 0.29) is 22.3 Å². The summed E-state index contributed by atoms with van der Waals surface area (Å²) in [5.74, 6) is -1.01. The second-order valence-corrected chi connectivity index (χ2v) is 8.35. The molecule has 2 N–H and O–H groups in total. The molecular formula is C22H21ClN4O4S. The number of halogens is 1. The summed E-state index contributed by atoms with van der Waals surface area (Å²) >= 11 is 7.05. The van der Waals surface area contributed by atoms with Crippen molar-refractivity contribution in [3.05, 3.63) is 85.5 Å². The highest BCUT2D eigenvalue weighted by Gasteiger charge is 2.22. The van der Waals surface area contributed by atoms with Crippen LogP contribution in [0.2, 0.25) is 5.02 Å². The molecule has 0 aliphatic carbocycles. The number of carbonyl (C=O) groups excluding carboxylic acids is 1. The van der Waals surface area contributed by atoms with Gasteiger partial charge in [0.05, 0.1) is 22.2 Å². The molecule has 1 heterocycles. The second-order valence-electron chi connectivity index (χ2n) is 6.98. The third-order valence-electron chi connectivity index (χ3n) is 4.57. The monoisotopic (exact) mass is 472 g/mol. The molecule has 0 saturated heterocycles. The Balaban J connectivity index is 2.00. The Morgan fingerprint density at radius 1 is 1.12 bits per heavy atom. The van der Waals surface area contributed by atoms with Gasteiger partial charge in [-0.3, -0.25) is 18.7 Å². The molecule has 0 radical (unpaired) electrons. The van der Waals surface area contributed by atoms with Crippen molar-refractivity contribution in [2.75, 3.05) is 11.1 Å². The number of aliphatic imine (C=N–C) groups is 1. The Morgan fingerprint density at radius 2 is 1.84 bits per heavy atom. The molecule has 1 aromatic heterocycles. The average Bonchev–Trinajstić information content (AvgIpc) is 2.76. The normalized spacial score (nSPS) is 11.4. The number of thioether (sulfide) groups is 1. The molecule has 0 bridgehead atoms. The highest BCUT2D eigenvalue weighted by molar-refractivity contribution is 8.15. The minimum atomic E-state index is -0.712. The number of anilines is 1. The Bertz CT molecular complexity index is 1330. The number of nitrogens with zero attached hydrogens (tertiary/aromatic N) is 3. The lowest BCUT2D eigenvalue weighted by atomic mass is 10.2. The lowest BCUT2D eigenvalue weighted by Gasteiger charge is -2.13. The van der Waals surface area contributed by atoms with Gasteiger partial charge in [-0.2, -0.15) is 0 Å². The number of hydrogen-bond donors (Lipinski definition) is 2. The topological polar surface area (TPSA) is 106 Å². The number of carbonyl (C=O) groups is 1. The fourth-order valence-electron chi connectivity index (χ4n) is 2.88. The summed E-state index contributed by atoms with van der Waals surface area (Å²) in [6, 6.07) is 14.0. The van der Waals surface area contributed by atoms with Crippen LogP contribution in [0.25, 0.3) is 0 Å². The third kappa shape index (κ3) is 5.12. The summed E-state index contributed by atoms with van der Waals surface area (Å²) < 4.78 is 1.83. The number of amides is 1. The molecule has 0 fully saturated rings. The Hall–Kier alpha value is -3.30. The fourth-order valence-corrected chi connectivity index (χ4v) is 3.89. The number of aryl methyl sites for hydroxylation is 1. The number of aromatic hydroxyl groups is 1. The minimum Gasteiger partial charge on any atom is -0.494 e. The van der Waals surface area contributed by atoms with Gasteiger partial charge in [0, 0.05) is 14.1 Å². The summed E-state index contributed by atoms with van der Waals surface area (Å²) in [7, 11) is 2.66. The molecule has 8 nitrogen and oxygen atoms in total. The number of para-hydroxylation sites is 1. The van der Waals surface area contributed by atoms with Crippen LogP contribution in [0, 0.1) is 6.92 Å². The van der Waals surface area contributed by atoms with Crippen LogP contribution in [0.15, 0.2) is 63.1 Å². The quantitative estimate of drug-likeness (QED) is 0.438. The van der Waals surface area contributed by atoms with Crippen LogP contribution < -0.4 is 16.6 Å². The Morgan fingerprint density at radius 3 is 2.53 bits per heavy atom. The highest BCUT2D eigenvalue weighted by atomic mass is 35.5. The zero-order valence-electron chi connectivity index (χ0n) is 17.6. The van der Waals surface area contributed by atoms with Crippen LogP contribution in [0.5, 0.6) is 5.88 Å². The van der Waals surface area contributed by atoms with E-state index in [1.54, 1.807) is 42.5 Å². The van der Waals surface area contributed by atoms with E-state index in [2.05, 4.69) is 10.3 Å². The first-order valence-corrected chi connectivity index (χ1v) is 10.9. The summed E-state index contributed by atoms with van der Waals surface area (Å²) in [6.07, 6.45) is 0. The number of aromatic nitrogens is 2. The van der Waals surface area contributed by atoms with Crippen molar-refractivity contribution in [1.82, 2.24) is 9.13 Å². The van der Waals surface area contributed by atoms with Crippen LogP contribution >= 0.6 is 23.4 Å². The minimum absolute atomic E-state index is 0.110. The van der Waals surface area contributed by atoms with E-state index in [1.165, 1.54) is 14.1 Å². The number of rotatable bonds is 5. The molecule has 0 aliphatic heterocycles. The third-order valence-corrected chi connectivity index (χ3v) is 5.87. The van der Waals surface area contributed by atoms with Gasteiger partial charge >= 0.3 is 5.69 Å². The van der Waals surface area contributed by atoms with Gasteiger partial charge in [-0.15, -0.1) is 0 Å². The average molecular weight is 473 g/mol. The number of nitrogens with one attached hydrogen (secondary N) is 1. The Kier molecular flexibility index (Phi) is 7.22. The van der Waals surface area contributed by atoms with Crippen molar-refractivity contribution in [1.29, 1.82) is 0 Å². The van der Waals surface area contributed by atoms with Gasteiger partial charge in [0.25, 0.3) is 5.56 Å². The predicted octanol–water partition coefficient (Wildman–Crippen LogP) is 3.20. The van der Waals surface area contributed by atoms with E-state index >= 15 is 0 Å². The first kappa shape index (κ1) is 23.4. The predicted molar refractivity (Wildman–Crippen MR) is 129 cm³/mol. The maximum absolute atomic E-state index is 12.8. The zero-order valence-corrected chi connectivity index (χ0v) is 19.2. The molecule has 10 heteroatoms. The van der Waals surface area contributed by atoms with E-state index in [1.807, 2.05) is 13.0 Å². The number of hydrogen-bond acceptors (Lipinski definition) is 6.